The number of carbonyl (C=O) groups is 2. The van der Waals surface area contributed by atoms with Crippen LogP contribution in [0.1, 0.15) is 47.9 Å². The molecule has 6 heteroatoms. The summed E-state index contributed by atoms with van der Waals surface area (Å²) in [7, 11) is 0. The second-order valence-electron chi connectivity index (χ2n) is 8.42. The number of carbonyl (C=O) groups excluding carboxylic acids is 2. The number of amides is 2. The third kappa shape index (κ3) is 6.45. The number of primary amides is 1. The van der Waals surface area contributed by atoms with E-state index in [1.54, 1.807) is 6.07 Å². The first kappa shape index (κ1) is 23.6. The molecule has 2 aromatic rings. The molecule has 0 aliphatic carbocycles. The number of benzene rings is 2. The van der Waals surface area contributed by atoms with Crippen LogP contribution in [0.2, 0.25) is 5.02 Å². The van der Waals surface area contributed by atoms with Crippen LogP contribution in [0.15, 0.2) is 48.0 Å². The highest BCUT2D eigenvalue weighted by Crippen LogP contribution is 2.29. The first-order valence-electron chi connectivity index (χ1n) is 10.9. The van der Waals surface area contributed by atoms with E-state index in [4.69, 9.17) is 22.6 Å². The molecule has 0 aromatic heterocycles. The zero-order valence-corrected chi connectivity index (χ0v) is 19.1. The molecule has 1 aliphatic rings. The van der Waals surface area contributed by atoms with Crippen molar-refractivity contribution in [2.45, 2.75) is 39.0 Å². The van der Waals surface area contributed by atoms with Crippen molar-refractivity contribution < 1.29 is 9.59 Å². The molecule has 2 aromatic carbocycles. The fraction of sp³-hybridized carbons (Fsp3) is 0.346. The van der Waals surface area contributed by atoms with Crippen molar-refractivity contribution in [1.82, 2.24) is 4.90 Å². The van der Waals surface area contributed by atoms with Crippen LogP contribution in [-0.4, -0.2) is 29.8 Å². The standard InChI is InChI=1S/C26H28ClN3O2/c1-18-4-2-3-5-22(18)14-21(12-19-6-7-23(16-28)24(27)15-19)13-20-10-11-30(17-20)26(32)9-8-25(29)31/h2-7,12,15,20H,8-11,13-14,17H2,1H3,(H2,29,31). The zero-order valence-electron chi connectivity index (χ0n) is 18.3. The molecule has 2 amide bonds. The van der Waals surface area contributed by atoms with Gasteiger partial charge in [-0.15, -0.1) is 0 Å². The number of hydrogen-bond donors (Lipinski definition) is 1. The van der Waals surface area contributed by atoms with Crippen LogP contribution < -0.4 is 5.73 Å². The highest BCUT2D eigenvalue weighted by Gasteiger charge is 2.27. The molecule has 1 saturated heterocycles. The normalized spacial score (nSPS) is 16.1. The maximum atomic E-state index is 12.4. The fourth-order valence-corrected chi connectivity index (χ4v) is 4.40. The summed E-state index contributed by atoms with van der Waals surface area (Å²) in [6.45, 7) is 3.51. The van der Waals surface area contributed by atoms with Crippen molar-refractivity contribution in [3.63, 3.8) is 0 Å². The lowest BCUT2D eigenvalue weighted by atomic mass is 9.91. The third-order valence-corrected chi connectivity index (χ3v) is 6.25. The number of rotatable bonds is 8. The van der Waals surface area contributed by atoms with Crippen LogP contribution >= 0.6 is 11.6 Å². The van der Waals surface area contributed by atoms with E-state index in [1.165, 1.54) is 16.7 Å². The van der Waals surface area contributed by atoms with Crippen LogP contribution in [-0.2, 0) is 16.0 Å². The lowest BCUT2D eigenvalue weighted by molar-refractivity contribution is -0.132. The number of nitrogens with two attached hydrogens (primary N) is 1. The average Bonchev–Trinajstić information content (AvgIpc) is 3.22. The van der Waals surface area contributed by atoms with Crippen LogP contribution in [0.3, 0.4) is 0 Å². The molecule has 5 nitrogen and oxygen atoms in total. The topological polar surface area (TPSA) is 87.2 Å². The fourth-order valence-electron chi connectivity index (χ4n) is 4.17. The van der Waals surface area contributed by atoms with Crippen molar-refractivity contribution >= 4 is 29.5 Å². The number of halogens is 1. The molecule has 1 aliphatic heterocycles. The minimum Gasteiger partial charge on any atom is -0.370 e. The van der Waals surface area contributed by atoms with E-state index in [2.05, 4.69) is 31.2 Å². The van der Waals surface area contributed by atoms with Crippen molar-refractivity contribution in [2.24, 2.45) is 11.7 Å². The molecule has 2 N–H and O–H groups in total. The van der Waals surface area contributed by atoms with Crippen molar-refractivity contribution in [3.05, 3.63) is 75.3 Å². The van der Waals surface area contributed by atoms with Gasteiger partial charge in [-0.05, 0) is 60.9 Å². The second-order valence-corrected chi connectivity index (χ2v) is 8.83. The molecule has 166 valence electrons. The second kappa shape index (κ2) is 11.0. The summed E-state index contributed by atoms with van der Waals surface area (Å²) in [5.74, 6) is -0.0927. The lowest BCUT2D eigenvalue weighted by Gasteiger charge is -2.18. The summed E-state index contributed by atoms with van der Waals surface area (Å²) in [4.78, 5) is 25.2. The quantitative estimate of drug-likeness (QED) is 0.636. The molecule has 3 rings (SSSR count). The van der Waals surface area contributed by atoms with E-state index in [0.717, 1.165) is 24.8 Å². The molecular formula is C26H28ClN3O2. The van der Waals surface area contributed by atoms with Gasteiger partial charge in [0.05, 0.1) is 10.6 Å². The van der Waals surface area contributed by atoms with Crippen molar-refractivity contribution in [3.8, 4) is 6.07 Å². The molecule has 1 heterocycles. The summed E-state index contributed by atoms with van der Waals surface area (Å²) in [6.07, 6.45) is 5.04. The molecule has 1 fully saturated rings. The van der Waals surface area contributed by atoms with E-state index in [0.29, 0.717) is 29.6 Å². The first-order valence-corrected chi connectivity index (χ1v) is 11.2. The molecule has 0 saturated carbocycles. The van der Waals surface area contributed by atoms with E-state index in [1.807, 2.05) is 29.2 Å². The predicted molar refractivity (Wildman–Crippen MR) is 127 cm³/mol. The first-order chi connectivity index (χ1) is 15.4. The summed E-state index contributed by atoms with van der Waals surface area (Å²) >= 11 is 6.25. The summed E-state index contributed by atoms with van der Waals surface area (Å²) in [5, 5.41) is 9.58. The lowest BCUT2D eigenvalue weighted by Crippen LogP contribution is -2.29. The summed E-state index contributed by atoms with van der Waals surface area (Å²) in [5.41, 5.74) is 10.4. The molecule has 32 heavy (non-hydrogen) atoms. The maximum absolute atomic E-state index is 12.4. The molecule has 1 atom stereocenters. The van der Waals surface area contributed by atoms with Gasteiger partial charge < -0.3 is 10.6 Å². The number of aryl methyl sites for hydroxylation is 1. The Hall–Kier alpha value is -3.10. The minimum absolute atomic E-state index is 0.00499. The predicted octanol–water partition coefficient (Wildman–Crippen LogP) is 4.65. The van der Waals surface area contributed by atoms with Gasteiger partial charge in [0.15, 0.2) is 0 Å². The number of nitriles is 1. The third-order valence-electron chi connectivity index (χ3n) is 5.94. The monoisotopic (exact) mass is 449 g/mol. The van der Waals surface area contributed by atoms with Gasteiger partial charge in [0.2, 0.25) is 11.8 Å². The minimum atomic E-state index is -0.446. The Kier molecular flexibility index (Phi) is 8.08. The largest absolute Gasteiger partial charge is 0.370 e. The van der Waals surface area contributed by atoms with Gasteiger partial charge in [0, 0.05) is 25.9 Å². The molecule has 0 spiro atoms. The SMILES string of the molecule is Cc1ccccc1CC(=Cc1ccc(C#N)c(Cl)c1)CC1CCN(C(=O)CCC(N)=O)C1. The van der Waals surface area contributed by atoms with Gasteiger partial charge in [-0.3, -0.25) is 9.59 Å². The van der Waals surface area contributed by atoms with Crippen molar-refractivity contribution in [2.75, 3.05) is 13.1 Å². The summed E-state index contributed by atoms with van der Waals surface area (Å²) in [6, 6.07) is 15.9. The van der Waals surface area contributed by atoms with Crippen LogP contribution in [0, 0.1) is 24.2 Å². The highest BCUT2D eigenvalue weighted by molar-refractivity contribution is 6.31. The van der Waals surface area contributed by atoms with Crippen LogP contribution in [0.5, 0.6) is 0 Å². The number of nitrogens with zero attached hydrogens (tertiary/aromatic N) is 2. The zero-order chi connectivity index (χ0) is 23.1. The van der Waals surface area contributed by atoms with Gasteiger partial charge in [0.1, 0.15) is 6.07 Å². The molecule has 1 unspecified atom stereocenters. The maximum Gasteiger partial charge on any atom is 0.223 e. The molecule has 0 bridgehead atoms. The number of hydrogen-bond acceptors (Lipinski definition) is 3. The van der Waals surface area contributed by atoms with Gasteiger partial charge >= 0.3 is 0 Å². The summed E-state index contributed by atoms with van der Waals surface area (Å²) < 4.78 is 0. The van der Waals surface area contributed by atoms with Gasteiger partial charge in [0.25, 0.3) is 0 Å². The van der Waals surface area contributed by atoms with Crippen molar-refractivity contribution in [1.29, 1.82) is 5.26 Å². The Morgan fingerprint density at radius 1 is 1.25 bits per heavy atom. The van der Waals surface area contributed by atoms with E-state index in [-0.39, 0.29) is 18.7 Å². The smallest absolute Gasteiger partial charge is 0.223 e. The van der Waals surface area contributed by atoms with Gasteiger partial charge in [-0.2, -0.15) is 5.26 Å². The van der Waals surface area contributed by atoms with E-state index < -0.39 is 5.91 Å². The highest BCUT2D eigenvalue weighted by atomic mass is 35.5. The number of likely N-dealkylation sites (tertiary alicyclic amines) is 1. The van der Waals surface area contributed by atoms with Crippen LogP contribution in [0.25, 0.3) is 6.08 Å². The van der Waals surface area contributed by atoms with E-state index >= 15 is 0 Å². The Morgan fingerprint density at radius 3 is 2.72 bits per heavy atom. The van der Waals surface area contributed by atoms with Gasteiger partial charge in [-0.25, -0.2) is 0 Å². The Balaban J connectivity index is 1.77. The Morgan fingerprint density at radius 2 is 2.03 bits per heavy atom. The van der Waals surface area contributed by atoms with Crippen LogP contribution in [0.4, 0.5) is 0 Å². The number of allylic oxidation sites excluding steroid dienone is 1. The molecule has 0 radical (unpaired) electrons. The van der Waals surface area contributed by atoms with E-state index in [9.17, 15) is 9.59 Å². The molecular weight excluding hydrogens is 422 g/mol. The Labute approximate surface area is 194 Å². The average molecular weight is 450 g/mol. The Bertz CT molecular complexity index is 1070. The van der Waals surface area contributed by atoms with Gasteiger partial charge in [-0.1, -0.05) is 53.6 Å².